The number of aromatic nitrogens is 2. The van der Waals surface area contributed by atoms with Crippen LogP contribution in [0.2, 0.25) is 0 Å². The zero-order valence-electron chi connectivity index (χ0n) is 10.5. The maximum atomic E-state index is 9.26. The Morgan fingerprint density at radius 2 is 2.12 bits per heavy atom. The summed E-state index contributed by atoms with van der Waals surface area (Å²) in [5.74, 6) is 1.29. The number of aryl methyl sites for hydroxylation is 1. The molecule has 1 unspecified atom stereocenters. The highest BCUT2D eigenvalue weighted by Gasteiger charge is 2.07. The van der Waals surface area contributed by atoms with Gasteiger partial charge in [-0.2, -0.15) is 4.98 Å². The number of nitrogens with zero attached hydrogens (tertiary/aromatic N) is 3. The van der Waals surface area contributed by atoms with E-state index >= 15 is 0 Å². The molecule has 0 amide bonds. The van der Waals surface area contributed by atoms with Crippen molar-refractivity contribution in [1.82, 2.24) is 9.97 Å². The summed E-state index contributed by atoms with van der Waals surface area (Å²) in [4.78, 5) is 10.5. The van der Waals surface area contributed by atoms with Crippen molar-refractivity contribution in [3.63, 3.8) is 0 Å². The molecule has 0 saturated heterocycles. The number of hydrogen-bond acceptors (Lipinski definition) is 6. The SMILES string of the molecule is CCc1cc(NCC(O)CO)nc(N(C)C)n1. The molecular weight excluding hydrogens is 220 g/mol. The second-order valence-electron chi connectivity index (χ2n) is 4.01. The van der Waals surface area contributed by atoms with Gasteiger partial charge in [0.15, 0.2) is 0 Å². The van der Waals surface area contributed by atoms with E-state index in [-0.39, 0.29) is 13.2 Å². The molecular formula is C11H20N4O2. The van der Waals surface area contributed by atoms with Gasteiger partial charge in [-0.05, 0) is 6.42 Å². The van der Waals surface area contributed by atoms with Crippen LogP contribution in [-0.2, 0) is 6.42 Å². The van der Waals surface area contributed by atoms with Crippen molar-refractivity contribution in [1.29, 1.82) is 0 Å². The maximum Gasteiger partial charge on any atom is 0.226 e. The quantitative estimate of drug-likeness (QED) is 0.642. The highest BCUT2D eigenvalue weighted by atomic mass is 16.3. The molecule has 0 radical (unpaired) electrons. The average Bonchev–Trinajstić information content (AvgIpc) is 2.35. The van der Waals surface area contributed by atoms with Crippen LogP contribution < -0.4 is 10.2 Å². The molecule has 0 saturated carbocycles. The molecule has 6 heteroatoms. The van der Waals surface area contributed by atoms with E-state index in [1.807, 2.05) is 32.0 Å². The first-order chi connectivity index (χ1) is 8.06. The molecule has 17 heavy (non-hydrogen) atoms. The summed E-state index contributed by atoms with van der Waals surface area (Å²) >= 11 is 0. The van der Waals surface area contributed by atoms with Crippen molar-refractivity contribution >= 4 is 11.8 Å². The third-order valence-electron chi connectivity index (χ3n) is 2.26. The summed E-state index contributed by atoms with van der Waals surface area (Å²) in [6.45, 7) is 2.02. The Morgan fingerprint density at radius 1 is 1.41 bits per heavy atom. The predicted octanol–water partition coefficient (Wildman–Crippen LogP) is -0.130. The van der Waals surface area contributed by atoms with Gasteiger partial charge in [-0.15, -0.1) is 0 Å². The molecule has 0 bridgehead atoms. The summed E-state index contributed by atoms with van der Waals surface area (Å²) in [5, 5.41) is 21.0. The molecule has 0 fully saturated rings. The normalized spacial score (nSPS) is 12.3. The van der Waals surface area contributed by atoms with Crippen molar-refractivity contribution in [2.75, 3.05) is 37.5 Å². The highest BCUT2D eigenvalue weighted by molar-refractivity contribution is 5.43. The standard InChI is InChI=1S/C11H20N4O2/c1-4-8-5-10(12-6-9(17)7-16)14-11(13-8)15(2)3/h5,9,16-17H,4,6-7H2,1-3H3,(H,12,13,14). The lowest BCUT2D eigenvalue weighted by atomic mass is 10.3. The predicted molar refractivity (Wildman–Crippen MR) is 67.3 cm³/mol. The summed E-state index contributed by atoms with van der Waals surface area (Å²) in [6, 6.07) is 1.84. The van der Waals surface area contributed by atoms with Crippen LogP contribution in [0.1, 0.15) is 12.6 Å². The van der Waals surface area contributed by atoms with Crippen molar-refractivity contribution in [3.8, 4) is 0 Å². The summed E-state index contributed by atoms with van der Waals surface area (Å²) in [7, 11) is 3.75. The Hall–Kier alpha value is -1.40. The van der Waals surface area contributed by atoms with Crippen LogP contribution in [-0.4, -0.2) is 53.5 Å². The van der Waals surface area contributed by atoms with Gasteiger partial charge < -0.3 is 20.4 Å². The zero-order valence-corrected chi connectivity index (χ0v) is 10.5. The molecule has 1 atom stereocenters. The molecule has 6 nitrogen and oxygen atoms in total. The topological polar surface area (TPSA) is 81.5 Å². The first-order valence-corrected chi connectivity index (χ1v) is 5.64. The fraction of sp³-hybridized carbons (Fsp3) is 0.636. The zero-order chi connectivity index (χ0) is 12.8. The second-order valence-corrected chi connectivity index (χ2v) is 4.01. The second kappa shape index (κ2) is 6.36. The van der Waals surface area contributed by atoms with E-state index in [9.17, 15) is 5.11 Å². The Morgan fingerprint density at radius 3 is 2.65 bits per heavy atom. The molecule has 1 heterocycles. The Balaban J connectivity index is 2.80. The van der Waals surface area contributed by atoms with Gasteiger partial charge in [0.05, 0.1) is 12.7 Å². The molecule has 96 valence electrons. The summed E-state index contributed by atoms with van der Waals surface area (Å²) in [6.07, 6.45) is 0.0403. The van der Waals surface area contributed by atoms with Crippen LogP contribution >= 0.6 is 0 Å². The Kier molecular flexibility index (Phi) is 5.11. The van der Waals surface area contributed by atoms with Crippen molar-refractivity contribution in [2.24, 2.45) is 0 Å². The van der Waals surface area contributed by atoms with E-state index in [0.29, 0.717) is 11.8 Å². The fourth-order valence-electron chi connectivity index (χ4n) is 1.24. The van der Waals surface area contributed by atoms with Gasteiger partial charge in [-0.1, -0.05) is 6.92 Å². The van der Waals surface area contributed by atoms with Crippen LogP contribution in [0.25, 0.3) is 0 Å². The first-order valence-electron chi connectivity index (χ1n) is 5.64. The monoisotopic (exact) mass is 240 g/mol. The minimum Gasteiger partial charge on any atom is -0.394 e. The van der Waals surface area contributed by atoms with E-state index in [0.717, 1.165) is 12.1 Å². The van der Waals surface area contributed by atoms with Crippen molar-refractivity contribution in [2.45, 2.75) is 19.4 Å². The van der Waals surface area contributed by atoms with Crippen molar-refractivity contribution < 1.29 is 10.2 Å². The van der Waals surface area contributed by atoms with Gasteiger partial charge in [0.1, 0.15) is 5.82 Å². The maximum absolute atomic E-state index is 9.26. The van der Waals surface area contributed by atoms with Gasteiger partial charge in [0, 0.05) is 32.4 Å². The van der Waals surface area contributed by atoms with Crippen molar-refractivity contribution in [3.05, 3.63) is 11.8 Å². The number of anilines is 2. The third-order valence-corrected chi connectivity index (χ3v) is 2.26. The van der Waals surface area contributed by atoms with E-state index in [1.54, 1.807) is 0 Å². The van der Waals surface area contributed by atoms with Crippen LogP contribution in [0.5, 0.6) is 0 Å². The number of aliphatic hydroxyl groups excluding tert-OH is 2. The van der Waals surface area contributed by atoms with Gasteiger partial charge in [-0.3, -0.25) is 0 Å². The number of aliphatic hydroxyl groups is 2. The lowest BCUT2D eigenvalue weighted by molar-refractivity contribution is 0.105. The van der Waals surface area contributed by atoms with E-state index in [4.69, 9.17) is 5.11 Å². The number of hydrogen-bond donors (Lipinski definition) is 3. The molecule has 0 aromatic carbocycles. The summed E-state index contributed by atoms with van der Waals surface area (Å²) in [5.41, 5.74) is 0.935. The molecule has 1 aromatic heterocycles. The first kappa shape index (κ1) is 13.7. The van der Waals surface area contributed by atoms with E-state index in [2.05, 4.69) is 15.3 Å². The molecule has 3 N–H and O–H groups in total. The smallest absolute Gasteiger partial charge is 0.226 e. The lowest BCUT2D eigenvalue weighted by Gasteiger charge is -2.15. The van der Waals surface area contributed by atoms with Gasteiger partial charge in [0.2, 0.25) is 5.95 Å². The highest BCUT2D eigenvalue weighted by Crippen LogP contribution is 2.12. The van der Waals surface area contributed by atoms with Crippen LogP contribution in [0.4, 0.5) is 11.8 Å². The molecule has 0 aliphatic heterocycles. The van der Waals surface area contributed by atoms with Gasteiger partial charge >= 0.3 is 0 Å². The third kappa shape index (κ3) is 4.16. The molecule has 1 rings (SSSR count). The van der Waals surface area contributed by atoms with Gasteiger partial charge in [-0.25, -0.2) is 4.98 Å². The largest absolute Gasteiger partial charge is 0.394 e. The van der Waals surface area contributed by atoms with Crippen LogP contribution in [0, 0.1) is 0 Å². The minimum absolute atomic E-state index is 0.265. The fourth-order valence-corrected chi connectivity index (χ4v) is 1.24. The molecule has 0 aliphatic rings. The van der Waals surface area contributed by atoms with Crippen LogP contribution in [0.15, 0.2) is 6.07 Å². The van der Waals surface area contributed by atoms with Crippen LogP contribution in [0.3, 0.4) is 0 Å². The Labute approximate surface area is 101 Å². The molecule has 1 aromatic rings. The number of rotatable bonds is 6. The van der Waals surface area contributed by atoms with Gasteiger partial charge in [0.25, 0.3) is 0 Å². The average molecular weight is 240 g/mol. The summed E-state index contributed by atoms with van der Waals surface area (Å²) < 4.78 is 0. The molecule has 0 spiro atoms. The lowest BCUT2D eigenvalue weighted by Crippen LogP contribution is -2.24. The number of nitrogens with one attached hydrogen (secondary N) is 1. The Bertz CT molecular complexity index is 357. The van der Waals surface area contributed by atoms with E-state index in [1.165, 1.54) is 0 Å². The van der Waals surface area contributed by atoms with E-state index < -0.39 is 6.10 Å². The molecule has 0 aliphatic carbocycles. The minimum atomic E-state index is -0.780.